The van der Waals surface area contributed by atoms with E-state index in [0.29, 0.717) is 19.7 Å². The molecule has 0 aromatic rings. The maximum Gasteiger partial charge on any atom is 0.332 e. The van der Waals surface area contributed by atoms with Crippen molar-refractivity contribution in [1.82, 2.24) is 15.5 Å². The molecule has 8 heteroatoms. The molecule has 19 heavy (non-hydrogen) atoms. The predicted molar refractivity (Wildman–Crippen MR) is 63.5 cm³/mol. The highest BCUT2D eigenvalue weighted by Crippen LogP contribution is 2.20. The normalized spacial score (nSPS) is 30.9. The van der Waals surface area contributed by atoms with Crippen LogP contribution < -0.4 is 10.6 Å². The number of carbonyl (C=O) groups is 3. The van der Waals surface area contributed by atoms with Gasteiger partial charge >= 0.3 is 12.0 Å². The number of aliphatic carboxylic acids is 1. The highest BCUT2D eigenvalue weighted by Gasteiger charge is 2.45. The van der Waals surface area contributed by atoms with Crippen molar-refractivity contribution in [2.24, 2.45) is 0 Å². The first-order chi connectivity index (χ1) is 8.96. The lowest BCUT2D eigenvalue weighted by atomic mass is 9.99. The van der Waals surface area contributed by atoms with Gasteiger partial charge in [0.2, 0.25) is 5.91 Å². The van der Waals surface area contributed by atoms with Crippen molar-refractivity contribution >= 4 is 17.9 Å². The van der Waals surface area contributed by atoms with Gasteiger partial charge in [-0.3, -0.25) is 4.79 Å². The summed E-state index contributed by atoms with van der Waals surface area (Å²) in [6, 6.07) is -1.16. The average Bonchev–Trinajstić information content (AvgIpc) is 2.82. The molecule has 0 bridgehead atoms. The zero-order valence-electron chi connectivity index (χ0n) is 10.6. The Morgan fingerprint density at radius 2 is 2.32 bits per heavy atom. The lowest BCUT2D eigenvalue weighted by Crippen LogP contribution is -2.63. The van der Waals surface area contributed by atoms with Crippen LogP contribution in [0.5, 0.6) is 0 Å². The van der Waals surface area contributed by atoms with Crippen LogP contribution in [0.1, 0.15) is 13.3 Å². The van der Waals surface area contributed by atoms with Crippen LogP contribution in [0.4, 0.5) is 4.79 Å². The minimum Gasteiger partial charge on any atom is -0.479 e. The van der Waals surface area contributed by atoms with Crippen molar-refractivity contribution < 1.29 is 24.2 Å². The standard InChI is InChI=1S/C11H17N3O5/c1-7-8(15)12-3-4-14(7)10(18)13-11(9(16)17)2-5-19-6-11/h7H,2-6H2,1H3,(H,12,15)(H,13,18)(H,16,17). The van der Waals surface area contributed by atoms with Gasteiger partial charge in [-0.25, -0.2) is 9.59 Å². The number of ether oxygens (including phenoxy) is 1. The maximum absolute atomic E-state index is 12.1. The summed E-state index contributed by atoms with van der Waals surface area (Å²) in [7, 11) is 0. The van der Waals surface area contributed by atoms with Crippen LogP contribution in [0.3, 0.4) is 0 Å². The van der Waals surface area contributed by atoms with Crippen LogP contribution in [-0.4, -0.2) is 65.8 Å². The number of hydrogen-bond acceptors (Lipinski definition) is 4. The second kappa shape index (κ2) is 5.04. The number of piperazine rings is 1. The third-order valence-electron chi connectivity index (χ3n) is 3.54. The fraction of sp³-hybridized carbons (Fsp3) is 0.727. The molecule has 2 unspecified atom stereocenters. The van der Waals surface area contributed by atoms with E-state index >= 15 is 0 Å². The van der Waals surface area contributed by atoms with Gasteiger partial charge in [-0.15, -0.1) is 0 Å². The molecule has 8 nitrogen and oxygen atoms in total. The fourth-order valence-electron chi connectivity index (χ4n) is 2.22. The number of hydrogen-bond donors (Lipinski definition) is 3. The Balaban J connectivity index is 2.07. The number of nitrogens with zero attached hydrogens (tertiary/aromatic N) is 1. The molecule has 0 aromatic heterocycles. The van der Waals surface area contributed by atoms with Gasteiger partial charge in [-0.2, -0.15) is 0 Å². The van der Waals surface area contributed by atoms with Gasteiger partial charge in [0.05, 0.1) is 6.61 Å². The zero-order valence-corrected chi connectivity index (χ0v) is 10.6. The maximum atomic E-state index is 12.1. The largest absolute Gasteiger partial charge is 0.479 e. The second-order valence-corrected chi connectivity index (χ2v) is 4.78. The number of rotatable bonds is 2. The summed E-state index contributed by atoms with van der Waals surface area (Å²) < 4.78 is 5.06. The Hall–Kier alpha value is -1.83. The molecule has 0 aliphatic carbocycles. The Morgan fingerprint density at radius 3 is 2.89 bits per heavy atom. The van der Waals surface area contributed by atoms with Crippen molar-refractivity contribution in [3.63, 3.8) is 0 Å². The number of carbonyl (C=O) groups excluding carboxylic acids is 2. The summed E-state index contributed by atoms with van der Waals surface area (Å²) in [6.45, 7) is 2.57. The van der Waals surface area contributed by atoms with Gasteiger partial charge in [0, 0.05) is 26.1 Å². The first-order valence-electron chi connectivity index (χ1n) is 6.14. The molecule has 2 atom stereocenters. The third kappa shape index (κ3) is 2.48. The van der Waals surface area contributed by atoms with Crippen molar-refractivity contribution in [3.8, 4) is 0 Å². The molecule has 2 rings (SSSR count). The summed E-state index contributed by atoms with van der Waals surface area (Å²) in [5, 5.41) is 14.4. The number of urea groups is 1. The molecule has 2 heterocycles. The molecule has 0 radical (unpaired) electrons. The van der Waals surface area contributed by atoms with E-state index < -0.39 is 23.6 Å². The van der Waals surface area contributed by atoms with Gasteiger partial charge in [-0.05, 0) is 6.92 Å². The van der Waals surface area contributed by atoms with Crippen LogP contribution in [0, 0.1) is 0 Å². The van der Waals surface area contributed by atoms with Gasteiger partial charge in [0.1, 0.15) is 6.04 Å². The van der Waals surface area contributed by atoms with Crippen molar-refractivity contribution in [2.75, 3.05) is 26.3 Å². The Bertz CT molecular complexity index is 405. The number of carboxylic acids is 1. The van der Waals surface area contributed by atoms with Crippen LogP contribution >= 0.6 is 0 Å². The molecule has 2 saturated heterocycles. The van der Waals surface area contributed by atoms with E-state index in [1.54, 1.807) is 6.92 Å². The van der Waals surface area contributed by atoms with Crippen molar-refractivity contribution in [2.45, 2.75) is 24.9 Å². The topological polar surface area (TPSA) is 108 Å². The molecule has 2 fully saturated rings. The summed E-state index contributed by atoms with van der Waals surface area (Å²) >= 11 is 0. The minimum absolute atomic E-state index is 0.0531. The lowest BCUT2D eigenvalue weighted by Gasteiger charge is -2.35. The molecular weight excluding hydrogens is 254 g/mol. The third-order valence-corrected chi connectivity index (χ3v) is 3.54. The summed E-state index contributed by atoms with van der Waals surface area (Å²) in [5.41, 5.74) is -1.38. The molecule has 3 amide bonds. The number of nitrogens with one attached hydrogen (secondary N) is 2. The highest BCUT2D eigenvalue weighted by molar-refractivity contribution is 5.91. The van der Waals surface area contributed by atoms with Crippen molar-refractivity contribution in [3.05, 3.63) is 0 Å². The summed E-state index contributed by atoms with van der Waals surface area (Å²) in [4.78, 5) is 36.3. The van der Waals surface area contributed by atoms with Gasteiger partial charge in [0.25, 0.3) is 0 Å². The van der Waals surface area contributed by atoms with E-state index in [2.05, 4.69) is 10.6 Å². The minimum atomic E-state index is -1.38. The smallest absolute Gasteiger partial charge is 0.332 e. The summed E-state index contributed by atoms with van der Waals surface area (Å²) in [5.74, 6) is -1.36. The van der Waals surface area contributed by atoms with E-state index in [9.17, 15) is 19.5 Å². The van der Waals surface area contributed by atoms with E-state index in [1.165, 1.54) is 4.90 Å². The number of carboxylic acid groups (broad SMARTS) is 1. The molecular formula is C11H17N3O5. The Morgan fingerprint density at radius 1 is 1.58 bits per heavy atom. The Labute approximate surface area is 110 Å². The van der Waals surface area contributed by atoms with Crippen LogP contribution in [0.2, 0.25) is 0 Å². The lowest BCUT2D eigenvalue weighted by molar-refractivity contribution is -0.144. The second-order valence-electron chi connectivity index (χ2n) is 4.78. The molecule has 0 spiro atoms. The average molecular weight is 271 g/mol. The predicted octanol–water partition coefficient (Wildman–Crippen LogP) is -1.24. The van der Waals surface area contributed by atoms with Crippen LogP contribution in [0.15, 0.2) is 0 Å². The zero-order chi connectivity index (χ0) is 14.0. The quantitative estimate of drug-likeness (QED) is 0.582. The Kier molecular flexibility index (Phi) is 3.61. The van der Waals surface area contributed by atoms with Crippen LogP contribution in [0.25, 0.3) is 0 Å². The molecule has 106 valence electrons. The van der Waals surface area contributed by atoms with E-state index in [1.807, 2.05) is 0 Å². The SMILES string of the molecule is CC1C(=O)NCCN1C(=O)NC1(C(=O)O)CCOC1. The van der Waals surface area contributed by atoms with Gasteiger partial charge in [-0.1, -0.05) is 0 Å². The highest BCUT2D eigenvalue weighted by atomic mass is 16.5. The van der Waals surface area contributed by atoms with E-state index in [4.69, 9.17) is 4.74 Å². The molecule has 2 aliphatic rings. The number of amides is 3. The van der Waals surface area contributed by atoms with Crippen molar-refractivity contribution in [1.29, 1.82) is 0 Å². The van der Waals surface area contributed by atoms with Gasteiger partial charge in [0.15, 0.2) is 5.54 Å². The van der Waals surface area contributed by atoms with E-state index in [0.717, 1.165) is 0 Å². The molecule has 2 aliphatic heterocycles. The first-order valence-corrected chi connectivity index (χ1v) is 6.14. The molecule has 3 N–H and O–H groups in total. The molecule has 0 aromatic carbocycles. The first kappa shape index (κ1) is 13.6. The monoisotopic (exact) mass is 271 g/mol. The summed E-state index contributed by atoms with van der Waals surface area (Å²) in [6.07, 6.45) is 0.225. The fourth-order valence-corrected chi connectivity index (χ4v) is 2.22. The van der Waals surface area contributed by atoms with E-state index in [-0.39, 0.29) is 18.9 Å². The van der Waals surface area contributed by atoms with Gasteiger partial charge < -0.3 is 25.4 Å². The molecule has 0 saturated carbocycles. The van der Waals surface area contributed by atoms with Crippen LogP contribution in [-0.2, 0) is 14.3 Å².